The Morgan fingerprint density at radius 1 is 0.889 bits per heavy atom. The molecule has 1 atom stereocenters. The lowest BCUT2D eigenvalue weighted by atomic mass is 9.75. The lowest BCUT2D eigenvalue weighted by molar-refractivity contribution is 0.191. The van der Waals surface area contributed by atoms with E-state index < -0.39 is 0 Å². The van der Waals surface area contributed by atoms with Gasteiger partial charge in [-0.25, -0.2) is 0 Å². The van der Waals surface area contributed by atoms with Gasteiger partial charge in [-0.1, -0.05) is 52.4 Å². The Kier molecular flexibility index (Phi) is 5.54. The molecular formula is C17H33N. The molecule has 0 radical (unpaired) electrons. The van der Waals surface area contributed by atoms with Crippen molar-refractivity contribution >= 4 is 0 Å². The fourth-order valence-corrected chi connectivity index (χ4v) is 3.95. The van der Waals surface area contributed by atoms with Gasteiger partial charge in [0.1, 0.15) is 0 Å². The Morgan fingerprint density at radius 2 is 1.56 bits per heavy atom. The van der Waals surface area contributed by atoms with E-state index in [0.717, 1.165) is 12.0 Å². The quantitative estimate of drug-likeness (QED) is 0.752. The summed E-state index contributed by atoms with van der Waals surface area (Å²) in [7, 11) is 0. The molecule has 0 aromatic carbocycles. The lowest BCUT2D eigenvalue weighted by Crippen LogP contribution is -2.39. The summed E-state index contributed by atoms with van der Waals surface area (Å²) < 4.78 is 0. The topological polar surface area (TPSA) is 12.0 Å². The third kappa shape index (κ3) is 4.91. The molecule has 0 bridgehead atoms. The Labute approximate surface area is 114 Å². The van der Waals surface area contributed by atoms with Crippen molar-refractivity contribution < 1.29 is 0 Å². The summed E-state index contributed by atoms with van der Waals surface area (Å²) in [4.78, 5) is 0. The first kappa shape index (κ1) is 14.4. The lowest BCUT2D eigenvalue weighted by Gasteiger charge is -2.36. The van der Waals surface area contributed by atoms with E-state index in [1.165, 1.54) is 77.2 Å². The highest BCUT2D eigenvalue weighted by Gasteiger charge is 2.27. The number of nitrogens with one attached hydrogen (secondary N) is 1. The van der Waals surface area contributed by atoms with Crippen LogP contribution in [0.15, 0.2) is 0 Å². The van der Waals surface area contributed by atoms with Gasteiger partial charge in [-0.15, -0.1) is 0 Å². The average Bonchev–Trinajstić information content (AvgIpc) is 2.26. The number of hydrogen-bond donors (Lipinski definition) is 1. The minimum absolute atomic E-state index is 0.580. The van der Waals surface area contributed by atoms with Gasteiger partial charge in [-0.2, -0.15) is 0 Å². The predicted octanol–water partition coefficient (Wildman–Crippen LogP) is 4.91. The van der Waals surface area contributed by atoms with Crippen LogP contribution in [0.1, 0.15) is 84.5 Å². The molecule has 0 aromatic rings. The van der Waals surface area contributed by atoms with E-state index in [4.69, 9.17) is 0 Å². The first-order valence-electron chi connectivity index (χ1n) is 8.39. The molecular weight excluding hydrogens is 218 g/mol. The standard InChI is InChI=1S/C17H33N/c1-17(2)12-8-11-16(13-17)18-14-15-9-6-4-3-5-7-10-15/h15-16,18H,3-14H2,1-2H3. The maximum atomic E-state index is 3.90. The van der Waals surface area contributed by atoms with Gasteiger partial charge in [-0.3, -0.25) is 0 Å². The highest BCUT2D eigenvalue weighted by atomic mass is 14.9. The molecule has 1 N–H and O–H groups in total. The van der Waals surface area contributed by atoms with Crippen molar-refractivity contribution in [2.45, 2.75) is 90.5 Å². The second-order valence-electron chi connectivity index (χ2n) is 7.58. The van der Waals surface area contributed by atoms with Crippen LogP contribution in [-0.2, 0) is 0 Å². The zero-order chi connectivity index (χ0) is 12.8. The third-order valence-electron chi connectivity index (χ3n) is 5.13. The Hall–Kier alpha value is -0.0400. The fourth-order valence-electron chi connectivity index (χ4n) is 3.95. The van der Waals surface area contributed by atoms with Crippen LogP contribution in [0.3, 0.4) is 0 Å². The van der Waals surface area contributed by atoms with E-state index in [1.807, 2.05) is 0 Å². The van der Waals surface area contributed by atoms with Crippen LogP contribution >= 0.6 is 0 Å². The smallest absolute Gasteiger partial charge is 0.00722 e. The average molecular weight is 251 g/mol. The molecule has 1 nitrogen and oxygen atoms in total. The Bertz CT molecular complexity index is 226. The van der Waals surface area contributed by atoms with Crippen LogP contribution < -0.4 is 5.32 Å². The molecule has 1 unspecified atom stereocenters. The highest BCUT2D eigenvalue weighted by Crippen LogP contribution is 2.35. The molecule has 0 saturated heterocycles. The number of rotatable bonds is 3. The van der Waals surface area contributed by atoms with Crippen molar-refractivity contribution in [3.8, 4) is 0 Å². The molecule has 18 heavy (non-hydrogen) atoms. The summed E-state index contributed by atoms with van der Waals surface area (Å²) in [6.07, 6.45) is 16.0. The van der Waals surface area contributed by atoms with Crippen LogP contribution in [0.2, 0.25) is 0 Å². The van der Waals surface area contributed by atoms with E-state index in [9.17, 15) is 0 Å². The fraction of sp³-hybridized carbons (Fsp3) is 1.00. The maximum Gasteiger partial charge on any atom is 0.00722 e. The van der Waals surface area contributed by atoms with Crippen molar-refractivity contribution in [3.05, 3.63) is 0 Å². The van der Waals surface area contributed by atoms with Crippen molar-refractivity contribution in [1.82, 2.24) is 5.32 Å². The summed E-state index contributed by atoms with van der Waals surface area (Å²) >= 11 is 0. The van der Waals surface area contributed by atoms with E-state index >= 15 is 0 Å². The predicted molar refractivity (Wildman–Crippen MR) is 79.8 cm³/mol. The Morgan fingerprint density at radius 3 is 2.22 bits per heavy atom. The minimum Gasteiger partial charge on any atom is -0.314 e. The van der Waals surface area contributed by atoms with Gasteiger partial charge in [0.15, 0.2) is 0 Å². The van der Waals surface area contributed by atoms with E-state index in [0.29, 0.717) is 5.41 Å². The normalized spacial score (nSPS) is 30.7. The van der Waals surface area contributed by atoms with Crippen molar-refractivity contribution in [1.29, 1.82) is 0 Å². The van der Waals surface area contributed by atoms with E-state index in [1.54, 1.807) is 0 Å². The van der Waals surface area contributed by atoms with Crippen molar-refractivity contribution in [2.24, 2.45) is 11.3 Å². The molecule has 2 aliphatic carbocycles. The van der Waals surface area contributed by atoms with Crippen molar-refractivity contribution in [3.63, 3.8) is 0 Å². The molecule has 0 heterocycles. The van der Waals surface area contributed by atoms with Gasteiger partial charge in [0.05, 0.1) is 0 Å². The van der Waals surface area contributed by atoms with E-state index in [2.05, 4.69) is 19.2 Å². The van der Waals surface area contributed by atoms with Gasteiger partial charge in [0.25, 0.3) is 0 Å². The Balaban J connectivity index is 1.69. The zero-order valence-electron chi connectivity index (χ0n) is 12.6. The third-order valence-corrected chi connectivity index (χ3v) is 5.13. The summed E-state index contributed by atoms with van der Waals surface area (Å²) in [5.41, 5.74) is 0.580. The summed E-state index contributed by atoms with van der Waals surface area (Å²) in [6, 6.07) is 0.805. The molecule has 0 amide bonds. The van der Waals surface area contributed by atoms with Crippen molar-refractivity contribution in [2.75, 3.05) is 6.54 Å². The summed E-state index contributed by atoms with van der Waals surface area (Å²) in [5, 5.41) is 3.90. The van der Waals surface area contributed by atoms with Crippen LogP contribution in [-0.4, -0.2) is 12.6 Å². The highest BCUT2D eigenvalue weighted by molar-refractivity contribution is 4.84. The molecule has 2 aliphatic rings. The van der Waals surface area contributed by atoms with Crippen LogP contribution in [0.5, 0.6) is 0 Å². The molecule has 0 spiro atoms. The van der Waals surface area contributed by atoms with Crippen LogP contribution in [0.4, 0.5) is 0 Å². The first-order valence-corrected chi connectivity index (χ1v) is 8.39. The SMILES string of the molecule is CC1(C)CCCC(NCC2CCCCCCC2)C1. The van der Waals surface area contributed by atoms with Gasteiger partial charge in [0.2, 0.25) is 0 Å². The molecule has 0 aromatic heterocycles. The van der Waals surface area contributed by atoms with Gasteiger partial charge in [0, 0.05) is 6.04 Å². The van der Waals surface area contributed by atoms with Gasteiger partial charge < -0.3 is 5.32 Å². The van der Waals surface area contributed by atoms with Gasteiger partial charge >= 0.3 is 0 Å². The molecule has 0 aliphatic heterocycles. The van der Waals surface area contributed by atoms with Crippen LogP contribution in [0.25, 0.3) is 0 Å². The largest absolute Gasteiger partial charge is 0.314 e. The molecule has 106 valence electrons. The second-order valence-corrected chi connectivity index (χ2v) is 7.58. The summed E-state index contributed by atoms with van der Waals surface area (Å²) in [5.74, 6) is 0.968. The minimum atomic E-state index is 0.580. The maximum absolute atomic E-state index is 3.90. The molecule has 2 rings (SSSR count). The zero-order valence-corrected chi connectivity index (χ0v) is 12.6. The monoisotopic (exact) mass is 251 g/mol. The van der Waals surface area contributed by atoms with E-state index in [-0.39, 0.29) is 0 Å². The molecule has 2 saturated carbocycles. The molecule has 2 fully saturated rings. The second kappa shape index (κ2) is 6.93. The summed E-state index contributed by atoms with van der Waals surface area (Å²) in [6.45, 7) is 6.17. The first-order chi connectivity index (χ1) is 8.66. The number of hydrogen-bond acceptors (Lipinski definition) is 1. The van der Waals surface area contributed by atoms with Crippen LogP contribution in [0, 0.1) is 11.3 Å². The molecule has 1 heteroatoms. The van der Waals surface area contributed by atoms with Gasteiger partial charge in [-0.05, 0) is 50.0 Å².